The summed E-state index contributed by atoms with van der Waals surface area (Å²) in [6.07, 6.45) is 1.69. The second-order valence-electron chi connectivity index (χ2n) is 15.9. The molecule has 0 aromatic heterocycles. The smallest absolute Gasteiger partial charge is 0.405 e. The van der Waals surface area contributed by atoms with E-state index >= 15 is 0 Å². The summed E-state index contributed by atoms with van der Waals surface area (Å²) in [6.45, 7) is 46.3. The zero-order chi connectivity index (χ0) is 38.8. The van der Waals surface area contributed by atoms with Gasteiger partial charge in [0.15, 0.2) is 11.4 Å². The van der Waals surface area contributed by atoms with Crippen LogP contribution in [-0.2, 0) is 27.9 Å². The Morgan fingerprint density at radius 1 is 0.500 bits per heavy atom. The number of hydrogen-bond donors (Lipinski definition) is 1. The Hall–Kier alpha value is -1.80. The van der Waals surface area contributed by atoms with E-state index in [4.69, 9.17) is 41.1 Å². The largest absolute Gasteiger partial charge is 0.495 e. The van der Waals surface area contributed by atoms with E-state index in [1.807, 2.05) is 135 Å². The van der Waals surface area contributed by atoms with Gasteiger partial charge in [-0.1, -0.05) is 51.3 Å². The molecule has 0 radical (unpaired) electrons. The van der Waals surface area contributed by atoms with Crippen molar-refractivity contribution in [1.29, 1.82) is 0 Å². The molecule has 3 aliphatic heterocycles. The summed E-state index contributed by atoms with van der Waals surface area (Å²) in [5.41, 5.74) is 4.64. The average Bonchev–Trinajstić information content (AvgIpc) is 3.45. The first-order valence-electron chi connectivity index (χ1n) is 16.9. The summed E-state index contributed by atoms with van der Waals surface area (Å²) >= 11 is 6.97. The van der Waals surface area contributed by atoms with Crippen LogP contribution < -0.4 is 5.46 Å². The van der Waals surface area contributed by atoms with Gasteiger partial charge in [-0.2, -0.15) is 12.6 Å². The van der Waals surface area contributed by atoms with Crippen molar-refractivity contribution >= 4 is 66.5 Å². The number of nitrogens with zero attached hydrogens (tertiary/aromatic N) is 2. The Kier molecular flexibility index (Phi) is 14.3. The standard InChI is InChI=1S/C15H20BNO2.C12H24B2O4.C9H8BrN.CH4S/c1-10-8-12(17-7)9-11(2)13(10)16-18-14(3,4)15(5,6)19-16;1-9(2)10(3,4)16-13(15-9)14-17-11(5,6)12(7,8)18-14;1-6-4-8(11-3)5-7(2)9(6)10;1-2/h8-9H,1-6H3;1-8H3;4-5H,1-2H3;2H,1H3. The minimum atomic E-state index is -0.476. The molecule has 3 aliphatic rings. The molecule has 0 aliphatic carbocycles. The lowest BCUT2D eigenvalue weighted by atomic mass is 9.49. The maximum atomic E-state index is 7.11. The molecular weight excluding hydrogens is 713 g/mol. The Balaban J connectivity index is 0.000000262. The van der Waals surface area contributed by atoms with Crippen molar-refractivity contribution in [3.8, 4) is 0 Å². The highest BCUT2D eigenvalue weighted by molar-refractivity contribution is 9.10. The molecular formula is C37H56B3BrN2O6S. The molecule has 5 rings (SSSR count). The number of rotatable bonds is 2. The topological polar surface area (TPSA) is 64.1 Å². The van der Waals surface area contributed by atoms with Crippen molar-refractivity contribution in [2.45, 2.75) is 144 Å². The predicted octanol–water partition coefficient (Wildman–Crippen LogP) is 9.57. The fraction of sp³-hybridized carbons (Fsp3) is 0.622. The zero-order valence-electron chi connectivity index (χ0n) is 33.2. The molecule has 0 spiro atoms. The van der Waals surface area contributed by atoms with E-state index < -0.39 is 14.0 Å². The van der Waals surface area contributed by atoms with Crippen molar-refractivity contribution in [3.63, 3.8) is 0 Å². The van der Waals surface area contributed by atoms with Gasteiger partial charge in [0.1, 0.15) is 0 Å². The molecule has 3 saturated heterocycles. The molecule has 2 aromatic carbocycles. The first-order valence-corrected chi connectivity index (χ1v) is 18.5. The molecule has 0 saturated carbocycles. The second kappa shape index (κ2) is 16.1. The molecule has 0 unspecified atom stereocenters. The van der Waals surface area contributed by atoms with Gasteiger partial charge in [-0.15, -0.1) is 0 Å². The number of benzene rings is 2. The van der Waals surface area contributed by atoms with Gasteiger partial charge < -0.3 is 27.9 Å². The SMILES string of the molecule is CC1(C)OB(B2OC(C)(C)C(C)(C)O2)OC1(C)C.CS.[C-]#[N+]c1cc(C)c(B2OC(C)(C)C(C)(C)O2)c(C)c1.[C-]#[N+]c1cc(C)c(Br)c(C)c1. The van der Waals surface area contributed by atoms with Crippen molar-refractivity contribution < 1.29 is 27.9 Å². The van der Waals surface area contributed by atoms with Crippen LogP contribution in [0.15, 0.2) is 28.7 Å². The third-order valence-corrected chi connectivity index (χ3v) is 11.8. The van der Waals surface area contributed by atoms with Gasteiger partial charge in [-0.3, -0.25) is 0 Å². The van der Waals surface area contributed by atoms with Gasteiger partial charge in [0.05, 0.1) is 46.8 Å². The fourth-order valence-corrected chi connectivity index (χ4v) is 5.57. The number of hydrogen-bond acceptors (Lipinski definition) is 7. The minimum Gasteiger partial charge on any atom is -0.405 e. The quantitative estimate of drug-likeness (QED) is 0.187. The van der Waals surface area contributed by atoms with Crippen molar-refractivity contribution in [2.24, 2.45) is 0 Å². The molecule has 13 heteroatoms. The molecule has 3 fully saturated rings. The highest BCUT2D eigenvalue weighted by Crippen LogP contribution is 2.43. The lowest BCUT2D eigenvalue weighted by Gasteiger charge is -2.32. The van der Waals surface area contributed by atoms with Gasteiger partial charge in [0, 0.05) is 4.47 Å². The Morgan fingerprint density at radius 3 is 1.00 bits per heavy atom. The van der Waals surface area contributed by atoms with Gasteiger partial charge in [-0.25, -0.2) is 9.69 Å². The number of aryl methyl sites for hydroxylation is 4. The number of thiol groups is 1. The van der Waals surface area contributed by atoms with Crippen LogP contribution in [0.4, 0.5) is 11.4 Å². The zero-order valence-corrected chi connectivity index (χ0v) is 35.7. The van der Waals surface area contributed by atoms with Crippen molar-refractivity contribution in [2.75, 3.05) is 6.26 Å². The fourth-order valence-electron chi connectivity index (χ4n) is 5.34. The molecule has 8 nitrogen and oxygen atoms in total. The number of halogens is 1. The van der Waals surface area contributed by atoms with Crippen LogP contribution in [0, 0.1) is 40.8 Å². The molecule has 50 heavy (non-hydrogen) atoms. The molecule has 3 heterocycles. The van der Waals surface area contributed by atoms with E-state index in [1.165, 1.54) is 0 Å². The van der Waals surface area contributed by atoms with Crippen LogP contribution in [0.5, 0.6) is 0 Å². The van der Waals surface area contributed by atoms with E-state index in [0.717, 1.165) is 32.2 Å². The molecule has 272 valence electrons. The van der Waals surface area contributed by atoms with E-state index in [1.54, 1.807) is 6.26 Å². The maximum Gasteiger partial charge on any atom is 0.495 e. The van der Waals surface area contributed by atoms with E-state index in [-0.39, 0.29) is 40.7 Å². The van der Waals surface area contributed by atoms with Gasteiger partial charge >= 0.3 is 21.1 Å². The van der Waals surface area contributed by atoms with Crippen LogP contribution in [0.2, 0.25) is 0 Å². The Morgan fingerprint density at radius 2 is 0.740 bits per heavy atom. The van der Waals surface area contributed by atoms with Gasteiger partial charge in [0.2, 0.25) is 0 Å². The first kappa shape index (κ1) is 44.4. The molecule has 0 bridgehead atoms. The summed E-state index contributed by atoms with van der Waals surface area (Å²) in [7, 11) is -1.31. The van der Waals surface area contributed by atoms with Gasteiger partial charge in [-0.05, 0) is 134 Å². The Bertz CT molecular complexity index is 1490. The average molecular weight is 769 g/mol. The monoisotopic (exact) mass is 768 g/mol. The van der Waals surface area contributed by atoms with Crippen molar-refractivity contribution in [1.82, 2.24) is 0 Å². The van der Waals surface area contributed by atoms with Crippen LogP contribution in [-0.4, -0.2) is 61.0 Å². The normalized spacial score (nSPS) is 21.4. The molecule has 0 N–H and O–H groups in total. The molecule has 0 atom stereocenters. The van der Waals surface area contributed by atoms with Gasteiger partial charge in [0.25, 0.3) is 0 Å². The third-order valence-electron chi connectivity index (χ3n) is 10.5. The van der Waals surface area contributed by atoms with Crippen LogP contribution in [0.3, 0.4) is 0 Å². The maximum absolute atomic E-state index is 7.11. The molecule has 0 amide bonds. The van der Waals surface area contributed by atoms with E-state index in [0.29, 0.717) is 11.4 Å². The highest BCUT2D eigenvalue weighted by Gasteiger charge is 2.63. The van der Waals surface area contributed by atoms with Crippen molar-refractivity contribution in [3.05, 3.63) is 73.8 Å². The van der Waals surface area contributed by atoms with E-state index in [2.05, 4.69) is 38.2 Å². The third kappa shape index (κ3) is 9.59. The minimum absolute atomic E-state index is 0.338. The highest BCUT2D eigenvalue weighted by atomic mass is 79.9. The summed E-state index contributed by atoms with van der Waals surface area (Å²) in [6, 6.07) is 7.54. The Labute approximate surface area is 317 Å². The van der Waals surface area contributed by atoms with Crippen LogP contribution >= 0.6 is 28.6 Å². The predicted molar refractivity (Wildman–Crippen MR) is 215 cm³/mol. The summed E-state index contributed by atoms with van der Waals surface area (Å²) in [5.74, 6) is 0. The lowest BCUT2D eigenvalue weighted by molar-refractivity contribution is 0.00578. The van der Waals surface area contributed by atoms with Crippen LogP contribution in [0.25, 0.3) is 9.69 Å². The summed E-state index contributed by atoms with van der Waals surface area (Å²) in [4.78, 5) is 6.85. The second-order valence-corrected chi connectivity index (χ2v) is 16.7. The van der Waals surface area contributed by atoms with E-state index in [9.17, 15) is 0 Å². The lowest BCUT2D eigenvalue weighted by Crippen LogP contribution is -2.41. The first-order chi connectivity index (χ1) is 22.7. The molecule has 2 aromatic rings. The van der Waals surface area contributed by atoms with Crippen LogP contribution in [0.1, 0.15) is 105 Å². The summed E-state index contributed by atoms with van der Waals surface area (Å²) in [5, 5.41) is 0. The summed E-state index contributed by atoms with van der Waals surface area (Å²) < 4.78 is 37.1.